The monoisotopic (exact) mass is 457 g/mol. The highest BCUT2D eigenvalue weighted by Gasteiger charge is 2.17. The largest absolute Gasteiger partial charge is 0.347 e. The lowest BCUT2D eigenvalue weighted by atomic mass is 10.2. The Kier molecular flexibility index (Phi) is 7.31. The second kappa shape index (κ2) is 10.1. The first-order valence-electron chi connectivity index (χ1n) is 9.73. The second-order valence-electron chi connectivity index (χ2n) is 7.33. The number of halogens is 1. The van der Waals surface area contributed by atoms with Crippen molar-refractivity contribution in [2.24, 2.45) is 0 Å². The molecule has 32 heavy (non-hydrogen) atoms. The molecule has 0 spiro atoms. The Morgan fingerprint density at radius 2 is 1.91 bits per heavy atom. The fourth-order valence-electron chi connectivity index (χ4n) is 2.78. The number of rotatable bonds is 7. The number of nitrogens with one attached hydrogen (secondary N) is 2. The van der Waals surface area contributed by atoms with Gasteiger partial charge < -0.3 is 15.1 Å². The zero-order valence-corrected chi connectivity index (χ0v) is 19.0. The van der Waals surface area contributed by atoms with Crippen LogP contribution < -0.4 is 15.5 Å². The van der Waals surface area contributed by atoms with E-state index in [2.05, 4.69) is 25.6 Å². The van der Waals surface area contributed by atoms with E-state index >= 15 is 0 Å². The maximum absolute atomic E-state index is 13.2. The van der Waals surface area contributed by atoms with Gasteiger partial charge in [-0.05, 0) is 30.7 Å². The Labute approximate surface area is 189 Å². The summed E-state index contributed by atoms with van der Waals surface area (Å²) >= 11 is 1.25. The number of aryl methyl sites for hydroxylation is 1. The number of hydrogen-bond donors (Lipinski definition) is 2. The topological polar surface area (TPSA) is 103 Å². The second-order valence-corrected chi connectivity index (χ2v) is 8.19. The third-order valence-electron chi connectivity index (χ3n) is 4.32. The van der Waals surface area contributed by atoms with Crippen molar-refractivity contribution in [2.45, 2.75) is 20.0 Å². The van der Waals surface area contributed by atoms with Gasteiger partial charge in [0, 0.05) is 38.8 Å². The predicted octanol–water partition coefficient (Wildman–Crippen LogP) is 3.04. The van der Waals surface area contributed by atoms with Crippen LogP contribution >= 0.6 is 11.3 Å². The van der Waals surface area contributed by atoms with Crippen LogP contribution in [0.15, 0.2) is 35.7 Å². The van der Waals surface area contributed by atoms with Gasteiger partial charge in [-0.2, -0.15) is 0 Å². The molecule has 0 atom stereocenters. The van der Waals surface area contributed by atoms with Gasteiger partial charge in [0.05, 0.1) is 12.2 Å². The van der Waals surface area contributed by atoms with Gasteiger partial charge in [-0.25, -0.2) is 24.1 Å². The average Bonchev–Trinajstić information content (AvgIpc) is 3.17. The minimum atomic E-state index is -0.452. The highest BCUT2D eigenvalue weighted by atomic mass is 32.1. The number of thiazole rings is 1. The summed E-state index contributed by atoms with van der Waals surface area (Å²) < 4.78 is 13.2. The smallest absolute Gasteiger partial charge is 0.321 e. The first-order valence-corrected chi connectivity index (χ1v) is 10.6. The molecule has 2 aromatic heterocycles. The number of nitrogens with zero attached hydrogens (tertiary/aromatic N) is 5. The fourth-order valence-corrected chi connectivity index (χ4v) is 3.48. The molecule has 11 heteroatoms. The van der Waals surface area contributed by atoms with Crippen LogP contribution in [-0.4, -0.2) is 52.9 Å². The average molecular weight is 458 g/mol. The van der Waals surface area contributed by atoms with Crippen LogP contribution in [-0.2, 0) is 13.1 Å². The molecule has 3 rings (SSSR count). The predicted molar refractivity (Wildman–Crippen MR) is 121 cm³/mol. The fraction of sp³-hybridized carbons (Fsp3) is 0.286. The van der Waals surface area contributed by atoms with Crippen molar-refractivity contribution in [2.75, 3.05) is 31.4 Å². The number of carbonyl (C=O) groups excluding carboxylic acids is 2. The Balaban J connectivity index is 1.56. The summed E-state index contributed by atoms with van der Waals surface area (Å²) in [5, 5.41) is 7.45. The molecule has 2 heterocycles. The molecule has 1 aromatic carbocycles. The molecule has 168 valence electrons. The van der Waals surface area contributed by atoms with Crippen molar-refractivity contribution in [1.82, 2.24) is 25.2 Å². The van der Waals surface area contributed by atoms with Gasteiger partial charge in [0.15, 0.2) is 5.13 Å². The molecule has 0 aliphatic rings. The maximum Gasteiger partial charge on any atom is 0.321 e. The number of amides is 3. The SMILES string of the molecule is Cc1cc(C(=O)N(C)Cc2csc(NC(=O)NCc3cccc(F)c3)n2)nc(N(C)C)n1. The maximum atomic E-state index is 13.2. The third kappa shape index (κ3) is 6.20. The summed E-state index contributed by atoms with van der Waals surface area (Å²) in [5.41, 5.74) is 2.28. The molecular formula is C21H24FN7O2S. The van der Waals surface area contributed by atoms with Crippen molar-refractivity contribution in [3.8, 4) is 0 Å². The number of aromatic nitrogens is 3. The van der Waals surface area contributed by atoms with Crippen molar-refractivity contribution in [1.29, 1.82) is 0 Å². The summed E-state index contributed by atoms with van der Waals surface area (Å²) in [6.45, 7) is 2.25. The molecular weight excluding hydrogens is 433 g/mol. The van der Waals surface area contributed by atoms with Gasteiger partial charge in [-0.15, -0.1) is 11.3 Å². The van der Waals surface area contributed by atoms with Gasteiger partial charge in [0.1, 0.15) is 11.5 Å². The normalized spacial score (nSPS) is 10.5. The molecule has 9 nitrogen and oxygen atoms in total. The van der Waals surface area contributed by atoms with Crippen LogP contribution in [0.3, 0.4) is 0 Å². The van der Waals surface area contributed by atoms with E-state index in [1.807, 2.05) is 21.0 Å². The van der Waals surface area contributed by atoms with Crippen LogP contribution in [0.1, 0.15) is 27.4 Å². The zero-order valence-electron chi connectivity index (χ0n) is 18.2. The Hall–Kier alpha value is -3.60. The number of benzene rings is 1. The molecule has 0 aliphatic heterocycles. The lowest BCUT2D eigenvalue weighted by molar-refractivity contribution is 0.0777. The highest BCUT2D eigenvalue weighted by molar-refractivity contribution is 7.13. The first kappa shape index (κ1) is 23.1. The van der Waals surface area contributed by atoms with Gasteiger partial charge in [-0.1, -0.05) is 12.1 Å². The van der Waals surface area contributed by atoms with Gasteiger partial charge in [-0.3, -0.25) is 10.1 Å². The molecule has 0 aliphatic carbocycles. The number of anilines is 2. The van der Waals surface area contributed by atoms with E-state index in [0.29, 0.717) is 33.7 Å². The minimum Gasteiger partial charge on any atom is -0.347 e. The Morgan fingerprint density at radius 1 is 1.12 bits per heavy atom. The number of hydrogen-bond acceptors (Lipinski definition) is 7. The lowest BCUT2D eigenvalue weighted by Crippen LogP contribution is -2.29. The molecule has 3 aromatic rings. The van der Waals surface area contributed by atoms with E-state index < -0.39 is 6.03 Å². The highest BCUT2D eigenvalue weighted by Crippen LogP contribution is 2.17. The first-order chi connectivity index (χ1) is 15.2. The van der Waals surface area contributed by atoms with Gasteiger partial charge in [0.25, 0.3) is 5.91 Å². The Bertz CT molecular complexity index is 1120. The van der Waals surface area contributed by atoms with Gasteiger partial charge >= 0.3 is 6.03 Å². The quantitative estimate of drug-likeness (QED) is 0.565. The van der Waals surface area contributed by atoms with E-state index in [1.54, 1.807) is 35.5 Å². The number of carbonyl (C=O) groups is 2. The summed E-state index contributed by atoms with van der Waals surface area (Å²) in [4.78, 5) is 41.1. The standard InChI is InChI=1S/C21H24FN7O2S/c1-13-8-17(26-19(24-13)28(2)3)18(30)29(4)11-16-12-32-21(25-16)27-20(31)23-10-14-6-5-7-15(22)9-14/h5-9,12H,10-11H2,1-4H3,(H2,23,25,27,31). The van der Waals surface area contributed by atoms with Crippen molar-refractivity contribution < 1.29 is 14.0 Å². The van der Waals surface area contributed by atoms with Crippen LogP contribution in [0.5, 0.6) is 0 Å². The number of urea groups is 1. The van der Waals surface area contributed by atoms with E-state index in [0.717, 1.165) is 0 Å². The van der Waals surface area contributed by atoms with Crippen LogP contribution in [0.2, 0.25) is 0 Å². The van der Waals surface area contributed by atoms with Gasteiger partial charge in [0.2, 0.25) is 5.95 Å². The van der Waals surface area contributed by atoms with Crippen LogP contribution in [0.4, 0.5) is 20.3 Å². The molecule has 0 saturated carbocycles. The summed E-state index contributed by atoms with van der Waals surface area (Å²) in [6.07, 6.45) is 0. The van der Waals surface area contributed by atoms with E-state index in [9.17, 15) is 14.0 Å². The molecule has 0 fully saturated rings. The summed E-state index contributed by atoms with van der Waals surface area (Å²) in [6, 6.07) is 7.19. The third-order valence-corrected chi connectivity index (χ3v) is 5.13. The van der Waals surface area contributed by atoms with Crippen molar-refractivity contribution in [3.05, 3.63) is 64.2 Å². The van der Waals surface area contributed by atoms with Crippen LogP contribution in [0.25, 0.3) is 0 Å². The van der Waals surface area contributed by atoms with E-state index in [4.69, 9.17) is 0 Å². The summed E-state index contributed by atoms with van der Waals surface area (Å²) in [5.74, 6) is -0.150. The van der Waals surface area contributed by atoms with E-state index in [1.165, 1.54) is 28.4 Å². The molecule has 3 amide bonds. The summed E-state index contributed by atoms with van der Waals surface area (Å²) in [7, 11) is 5.28. The van der Waals surface area contributed by atoms with E-state index in [-0.39, 0.29) is 24.8 Å². The molecule has 0 unspecified atom stereocenters. The zero-order chi connectivity index (χ0) is 23.3. The molecule has 2 N–H and O–H groups in total. The van der Waals surface area contributed by atoms with Crippen LogP contribution in [0, 0.1) is 12.7 Å². The van der Waals surface area contributed by atoms with Crippen molar-refractivity contribution in [3.63, 3.8) is 0 Å². The molecule has 0 bridgehead atoms. The van der Waals surface area contributed by atoms with Crippen molar-refractivity contribution >= 4 is 34.4 Å². The Morgan fingerprint density at radius 3 is 2.62 bits per heavy atom. The lowest BCUT2D eigenvalue weighted by Gasteiger charge is -2.17. The molecule has 0 saturated heterocycles. The minimum absolute atomic E-state index is 0.187. The molecule has 0 radical (unpaired) electrons.